The highest BCUT2D eigenvalue weighted by Crippen LogP contribution is 2.27. The Bertz CT molecular complexity index is 197. The lowest BCUT2D eigenvalue weighted by Gasteiger charge is -2.23. The third-order valence-electron chi connectivity index (χ3n) is 3.51. The first-order valence-corrected chi connectivity index (χ1v) is 8.04. The maximum Gasteiger partial charge on any atom is 0.00965 e. The summed E-state index contributed by atoms with van der Waals surface area (Å²) in [5.41, 5.74) is 0. The molecule has 1 fully saturated rings. The minimum Gasteiger partial charge on any atom is -0.316 e. The summed E-state index contributed by atoms with van der Waals surface area (Å²) in [5, 5.41) is 3.53. The van der Waals surface area contributed by atoms with E-state index in [1.807, 2.05) is 0 Å². The molecule has 1 aliphatic rings. The molecule has 1 rings (SSSR count). The second-order valence-electron chi connectivity index (χ2n) is 6.78. The highest BCUT2D eigenvalue weighted by molar-refractivity contribution is 4.84. The van der Waals surface area contributed by atoms with Gasteiger partial charge in [0.2, 0.25) is 0 Å². The van der Waals surface area contributed by atoms with Gasteiger partial charge in [-0.25, -0.2) is 0 Å². The van der Waals surface area contributed by atoms with Gasteiger partial charge < -0.3 is 10.2 Å². The van der Waals surface area contributed by atoms with Gasteiger partial charge in [-0.15, -0.1) is 0 Å². The Labute approximate surface area is 115 Å². The molecule has 2 heteroatoms. The maximum atomic E-state index is 3.53. The van der Waals surface area contributed by atoms with E-state index in [9.17, 15) is 0 Å². The van der Waals surface area contributed by atoms with Crippen LogP contribution < -0.4 is 5.32 Å². The van der Waals surface area contributed by atoms with Crippen LogP contribution in [0.3, 0.4) is 0 Å². The molecule has 18 heavy (non-hydrogen) atoms. The van der Waals surface area contributed by atoms with Gasteiger partial charge in [0.15, 0.2) is 0 Å². The third kappa shape index (κ3) is 8.10. The molecule has 0 aliphatic heterocycles. The Hall–Kier alpha value is -0.0800. The molecule has 0 aromatic heterocycles. The van der Waals surface area contributed by atoms with Crippen molar-refractivity contribution in [1.82, 2.24) is 10.2 Å². The van der Waals surface area contributed by atoms with E-state index in [2.05, 4.69) is 37.9 Å². The minimum atomic E-state index is 0.779. The molecule has 1 aliphatic carbocycles. The second-order valence-corrected chi connectivity index (χ2v) is 6.78. The molecule has 0 unspecified atom stereocenters. The molecular weight excluding hydrogens is 220 g/mol. The van der Waals surface area contributed by atoms with E-state index in [4.69, 9.17) is 0 Å². The average Bonchev–Trinajstić information content (AvgIpc) is 3.09. The Balaban J connectivity index is 1.95. The monoisotopic (exact) mass is 254 g/mol. The van der Waals surface area contributed by atoms with E-state index in [0.717, 1.165) is 17.9 Å². The van der Waals surface area contributed by atoms with Crippen LogP contribution in [-0.4, -0.2) is 37.1 Å². The van der Waals surface area contributed by atoms with E-state index in [-0.39, 0.29) is 0 Å². The van der Waals surface area contributed by atoms with Gasteiger partial charge >= 0.3 is 0 Å². The van der Waals surface area contributed by atoms with Crippen molar-refractivity contribution in [3.63, 3.8) is 0 Å². The highest BCUT2D eigenvalue weighted by Gasteiger charge is 2.28. The van der Waals surface area contributed by atoms with Crippen LogP contribution in [0, 0.1) is 11.8 Å². The molecule has 0 aromatic carbocycles. The van der Waals surface area contributed by atoms with Crippen LogP contribution in [0.5, 0.6) is 0 Å². The van der Waals surface area contributed by atoms with Crippen LogP contribution in [0.25, 0.3) is 0 Å². The first-order chi connectivity index (χ1) is 8.59. The number of hydrogen-bond donors (Lipinski definition) is 1. The van der Waals surface area contributed by atoms with Gasteiger partial charge in [-0.2, -0.15) is 0 Å². The van der Waals surface area contributed by atoms with Crippen LogP contribution in [0.15, 0.2) is 0 Å². The summed E-state index contributed by atoms with van der Waals surface area (Å²) in [5.74, 6) is 1.60. The largest absolute Gasteiger partial charge is 0.316 e. The van der Waals surface area contributed by atoms with Gasteiger partial charge in [0.1, 0.15) is 0 Å². The summed E-state index contributed by atoms with van der Waals surface area (Å²) < 4.78 is 0. The van der Waals surface area contributed by atoms with Crippen molar-refractivity contribution in [2.24, 2.45) is 11.8 Å². The Kier molecular flexibility index (Phi) is 7.92. The standard InChI is InChI=1S/C16H34N2/c1-14(2)12-17-10-6-5-7-11-18(13-15(3)4)16-8-9-16/h14-17H,5-13H2,1-4H3. The summed E-state index contributed by atoms with van der Waals surface area (Å²) >= 11 is 0. The normalized spacial score (nSPS) is 16.2. The van der Waals surface area contributed by atoms with Crippen LogP contribution >= 0.6 is 0 Å². The molecule has 0 spiro atoms. The van der Waals surface area contributed by atoms with Crippen molar-refractivity contribution in [2.45, 2.75) is 65.8 Å². The van der Waals surface area contributed by atoms with Crippen molar-refractivity contribution < 1.29 is 0 Å². The third-order valence-corrected chi connectivity index (χ3v) is 3.51. The Morgan fingerprint density at radius 1 is 1.00 bits per heavy atom. The molecule has 0 amide bonds. The van der Waals surface area contributed by atoms with Gasteiger partial charge in [-0.3, -0.25) is 0 Å². The molecule has 0 atom stereocenters. The fourth-order valence-electron chi connectivity index (χ4n) is 2.46. The van der Waals surface area contributed by atoms with Gasteiger partial charge in [-0.05, 0) is 57.2 Å². The predicted octanol–water partition coefficient (Wildman–Crippen LogP) is 3.52. The molecule has 108 valence electrons. The molecule has 0 saturated heterocycles. The summed E-state index contributed by atoms with van der Waals surface area (Å²) in [6.45, 7) is 14.2. The summed E-state index contributed by atoms with van der Waals surface area (Å²) in [6.07, 6.45) is 7.00. The van der Waals surface area contributed by atoms with Gasteiger partial charge in [0.05, 0.1) is 0 Å². The van der Waals surface area contributed by atoms with Crippen LogP contribution in [0.1, 0.15) is 59.8 Å². The van der Waals surface area contributed by atoms with Crippen molar-refractivity contribution in [2.75, 3.05) is 26.2 Å². The highest BCUT2D eigenvalue weighted by atomic mass is 15.2. The topological polar surface area (TPSA) is 15.3 Å². The smallest absolute Gasteiger partial charge is 0.00965 e. The fraction of sp³-hybridized carbons (Fsp3) is 1.00. The molecule has 2 nitrogen and oxygen atoms in total. The molecular formula is C16H34N2. The summed E-state index contributed by atoms with van der Waals surface area (Å²) in [4.78, 5) is 2.73. The van der Waals surface area contributed by atoms with Crippen LogP contribution in [-0.2, 0) is 0 Å². The fourth-order valence-corrected chi connectivity index (χ4v) is 2.46. The van der Waals surface area contributed by atoms with E-state index in [1.54, 1.807) is 0 Å². The summed E-state index contributed by atoms with van der Waals surface area (Å²) in [6, 6.07) is 0.937. The average molecular weight is 254 g/mol. The van der Waals surface area contributed by atoms with E-state index < -0.39 is 0 Å². The molecule has 0 bridgehead atoms. The predicted molar refractivity (Wildman–Crippen MR) is 81.0 cm³/mol. The van der Waals surface area contributed by atoms with Crippen molar-refractivity contribution in [3.05, 3.63) is 0 Å². The summed E-state index contributed by atoms with van der Waals surface area (Å²) in [7, 11) is 0. The lowest BCUT2D eigenvalue weighted by molar-refractivity contribution is 0.229. The molecule has 0 radical (unpaired) electrons. The van der Waals surface area contributed by atoms with E-state index in [0.29, 0.717) is 0 Å². The number of rotatable bonds is 11. The van der Waals surface area contributed by atoms with Crippen molar-refractivity contribution in [1.29, 1.82) is 0 Å². The van der Waals surface area contributed by atoms with Crippen LogP contribution in [0.2, 0.25) is 0 Å². The lowest BCUT2D eigenvalue weighted by Crippen LogP contribution is -2.31. The number of nitrogens with zero attached hydrogens (tertiary/aromatic N) is 1. The lowest BCUT2D eigenvalue weighted by atomic mass is 10.1. The second kappa shape index (κ2) is 8.92. The SMILES string of the molecule is CC(C)CNCCCCCN(CC(C)C)C1CC1. The molecule has 0 aromatic rings. The van der Waals surface area contributed by atoms with Crippen molar-refractivity contribution >= 4 is 0 Å². The van der Waals surface area contributed by atoms with E-state index >= 15 is 0 Å². The van der Waals surface area contributed by atoms with Gasteiger partial charge in [0.25, 0.3) is 0 Å². The minimum absolute atomic E-state index is 0.779. The van der Waals surface area contributed by atoms with Crippen molar-refractivity contribution in [3.8, 4) is 0 Å². The quantitative estimate of drug-likeness (QED) is 0.568. The molecule has 0 heterocycles. The van der Waals surface area contributed by atoms with E-state index in [1.165, 1.54) is 58.3 Å². The van der Waals surface area contributed by atoms with Gasteiger partial charge in [-0.1, -0.05) is 34.1 Å². The first kappa shape index (κ1) is 16.0. The Morgan fingerprint density at radius 2 is 1.72 bits per heavy atom. The number of nitrogens with one attached hydrogen (secondary N) is 1. The zero-order chi connectivity index (χ0) is 13.4. The first-order valence-electron chi connectivity index (χ1n) is 8.04. The van der Waals surface area contributed by atoms with Gasteiger partial charge in [0, 0.05) is 12.6 Å². The maximum absolute atomic E-state index is 3.53. The number of hydrogen-bond acceptors (Lipinski definition) is 2. The van der Waals surface area contributed by atoms with Crippen LogP contribution in [0.4, 0.5) is 0 Å². The zero-order valence-corrected chi connectivity index (χ0v) is 13.0. The Morgan fingerprint density at radius 3 is 2.28 bits per heavy atom. The zero-order valence-electron chi connectivity index (χ0n) is 13.0. The molecule has 1 saturated carbocycles. The molecule has 1 N–H and O–H groups in total. The number of unbranched alkanes of at least 4 members (excludes halogenated alkanes) is 2.